The van der Waals surface area contributed by atoms with Gasteiger partial charge in [0.1, 0.15) is 6.10 Å². The SMILES string of the molecule is CC(=O)O[C@H]1CC[C@@]2(C)[C@@H](CC[C@H]3[C@H]2CC[C@@]2(C)[C@@H]3CC[C@H]2[C@@H](C)CC=C(c2ccccc2)c2ccccc2)C1. The van der Waals surface area contributed by atoms with Crippen LogP contribution in [0.15, 0.2) is 66.7 Å². The Hall–Kier alpha value is -2.35. The Morgan fingerprint density at radius 2 is 1.48 bits per heavy atom. The summed E-state index contributed by atoms with van der Waals surface area (Å²) in [6, 6.07) is 21.9. The predicted molar refractivity (Wildman–Crippen MR) is 165 cm³/mol. The van der Waals surface area contributed by atoms with Gasteiger partial charge in [-0.15, -0.1) is 0 Å². The van der Waals surface area contributed by atoms with Gasteiger partial charge in [-0.1, -0.05) is 87.5 Å². The lowest BCUT2D eigenvalue weighted by atomic mass is 9.44. The maximum absolute atomic E-state index is 11.6. The third-order valence-electron chi connectivity index (χ3n) is 12.6. The molecule has 0 spiro atoms. The molecule has 0 amide bonds. The summed E-state index contributed by atoms with van der Waals surface area (Å²) in [5, 5.41) is 0. The van der Waals surface area contributed by atoms with Crippen LogP contribution in [0.25, 0.3) is 5.57 Å². The van der Waals surface area contributed by atoms with E-state index in [1.165, 1.54) is 61.6 Å². The first-order valence-electron chi connectivity index (χ1n) is 16.3. The molecule has 40 heavy (non-hydrogen) atoms. The van der Waals surface area contributed by atoms with Crippen molar-refractivity contribution in [1.29, 1.82) is 0 Å². The van der Waals surface area contributed by atoms with Crippen LogP contribution < -0.4 is 0 Å². The van der Waals surface area contributed by atoms with Gasteiger partial charge in [-0.3, -0.25) is 4.79 Å². The molecule has 0 aliphatic heterocycles. The maximum Gasteiger partial charge on any atom is 0.302 e. The minimum atomic E-state index is -0.101. The summed E-state index contributed by atoms with van der Waals surface area (Å²) in [4.78, 5) is 11.6. The average molecular weight is 539 g/mol. The highest BCUT2D eigenvalue weighted by Gasteiger charge is 2.60. The molecule has 4 saturated carbocycles. The first-order chi connectivity index (χ1) is 19.3. The second-order valence-corrected chi connectivity index (χ2v) is 14.5. The van der Waals surface area contributed by atoms with Gasteiger partial charge in [0, 0.05) is 6.92 Å². The van der Waals surface area contributed by atoms with E-state index in [2.05, 4.69) is 87.5 Å². The van der Waals surface area contributed by atoms with Crippen molar-refractivity contribution in [2.45, 2.75) is 98.0 Å². The molecule has 0 bridgehead atoms. The molecule has 2 aromatic rings. The third-order valence-corrected chi connectivity index (χ3v) is 12.6. The van der Waals surface area contributed by atoms with Crippen LogP contribution in [0, 0.1) is 46.3 Å². The van der Waals surface area contributed by atoms with Crippen molar-refractivity contribution < 1.29 is 9.53 Å². The molecule has 9 atom stereocenters. The van der Waals surface area contributed by atoms with Gasteiger partial charge in [0.2, 0.25) is 0 Å². The average Bonchev–Trinajstić information content (AvgIpc) is 3.31. The molecule has 6 rings (SSSR count). The number of ether oxygens (including phenoxy) is 1. The molecule has 2 nitrogen and oxygen atoms in total. The number of carbonyl (C=O) groups is 1. The van der Waals surface area contributed by atoms with Gasteiger partial charge in [-0.05, 0) is 127 Å². The van der Waals surface area contributed by atoms with Crippen molar-refractivity contribution in [3.05, 3.63) is 77.9 Å². The first kappa shape index (κ1) is 27.8. The molecule has 4 aliphatic rings. The number of rotatable bonds is 6. The van der Waals surface area contributed by atoms with E-state index in [1.54, 1.807) is 6.92 Å². The summed E-state index contributed by atoms with van der Waals surface area (Å²) in [6.45, 7) is 9.43. The van der Waals surface area contributed by atoms with Gasteiger partial charge < -0.3 is 4.74 Å². The highest BCUT2D eigenvalue weighted by molar-refractivity contribution is 5.79. The van der Waals surface area contributed by atoms with Crippen LogP contribution in [0.2, 0.25) is 0 Å². The highest BCUT2D eigenvalue weighted by Crippen LogP contribution is 2.68. The molecule has 4 fully saturated rings. The Labute approximate surface area is 243 Å². The molecule has 2 aromatic carbocycles. The van der Waals surface area contributed by atoms with Crippen molar-refractivity contribution in [3.8, 4) is 0 Å². The smallest absolute Gasteiger partial charge is 0.302 e. The van der Waals surface area contributed by atoms with Crippen molar-refractivity contribution in [2.75, 3.05) is 0 Å². The van der Waals surface area contributed by atoms with Crippen LogP contribution in [0.4, 0.5) is 0 Å². The molecule has 0 N–H and O–H groups in total. The molecular formula is C38H50O2. The predicted octanol–water partition coefficient (Wildman–Crippen LogP) is 9.74. The van der Waals surface area contributed by atoms with Crippen LogP contribution >= 0.6 is 0 Å². The number of hydrogen-bond donors (Lipinski definition) is 0. The topological polar surface area (TPSA) is 26.3 Å². The van der Waals surface area contributed by atoms with Gasteiger partial charge >= 0.3 is 5.97 Å². The van der Waals surface area contributed by atoms with E-state index in [0.29, 0.717) is 16.7 Å². The standard InChI is InChI=1S/C38H50O2/c1-26(15-17-32(28-11-7-5-8-12-28)29-13-9-6-10-14-29)34-19-20-35-33-18-16-30-25-31(40-27(2)39)21-23-37(30,3)36(33)22-24-38(34,35)4/h5-14,17,26,30-31,33-36H,15-16,18-25H2,1-4H3/t26-,30-,31-,33+,34-,35+,36+,37-,38+/m0/s1. The largest absolute Gasteiger partial charge is 0.463 e. The minimum absolute atomic E-state index is 0.101. The fraction of sp³-hybridized carbons (Fsp3) is 0.605. The maximum atomic E-state index is 11.6. The molecule has 2 heteroatoms. The summed E-state index contributed by atoms with van der Waals surface area (Å²) < 4.78 is 5.70. The first-order valence-corrected chi connectivity index (χ1v) is 16.3. The lowest BCUT2D eigenvalue weighted by Crippen LogP contribution is -2.54. The summed E-state index contributed by atoms with van der Waals surface area (Å²) >= 11 is 0. The van der Waals surface area contributed by atoms with E-state index >= 15 is 0 Å². The fourth-order valence-corrected chi connectivity index (χ4v) is 10.6. The zero-order valence-electron chi connectivity index (χ0n) is 25.3. The second-order valence-electron chi connectivity index (χ2n) is 14.5. The molecule has 214 valence electrons. The molecule has 0 heterocycles. The molecule has 0 radical (unpaired) electrons. The van der Waals surface area contributed by atoms with E-state index in [9.17, 15) is 4.79 Å². The van der Waals surface area contributed by atoms with Crippen LogP contribution in [-0.4, -0.2) is 12.1 Å². The lowest BCUT2D eigenvalue weighted by Gasteiger charge is -2.61. The Kier molecular flexibility index (Phi) is 7.75. The number of hydrogen-bond acceptors (Lipinski definition) is 2. The number of esters is 1. The van der Waals surface area contributed by atoms with Crippen LogP contribution in [-0.2, 0) is 9.53 Å². The third kappa shape index (κ3) is 4.99. The van der Waals surface area contributed by atoms with Crippen LogP contribution in [0.1, 0.15) is 103 Å². The normalized spacial score (nSPS) is 37.4. The number of fused-ring (bicyclic) bond motifs is 5. The monoisotopic (exact) mass is 538 g/mol. The van der Waals surface area contributed by atoms with E-state index in [1.807, 2.05) is 0 Å². The second kappa shape index (κ2) is 11.1. The number of carbonyl (C=O) groups excluding carboxylic acids is 1. The summed E-state index contributed by atoms with van der Waals surface area (Å²) in [5.41, 5.74) is 4.95. The molecular weight excluding hydrogens is 488 g/mol. The van der Waals surface area contributed by atoms with E-state index < -0.39 is 0 Å². The van der Waals surface area contributed by atoms with Gasteiger partial charge in [-0.2, -0.15) is 0 Å². The zero-order chi connectivity index (χ0) is 27.9. The van der Waals surface area contributed by atoms with Crippen molar-refractivity contribution >= 4 is 11.5 Å². The van der Waals surface area contributed by atoms with Crippen LogP contribution in [0.3, 0.4) is 0 Å². The molecule has 0 unspecified atom stereocenters. The Bertz CT molecular complexity index is 1160. The highest BCUT2D eigenvalue weighted by atomic mass is 16.5. The Morgan fingerprint density at radius 1 is 0.850 bits per heavy atom. The quantitative estimate of drug-likeness (QED) is 0.342. The molecule has 4 aliphatic carbocycles. The lowest BCUT2D eigenvalue weighted by molar-refractivity contribution is -0.160. The van der Waals surface area contributed by atoms with Crippen molar-refractivity contribution in [3.63, 3.8) is 0 Å². The van der Waals surface area contributed by atoms with Crippen molar-refractivity contribution in [2.24, 2.45) is 46.3 Å². The summed E-state index contributed by atoms with van der Waals surface area (Å²) in [6.07, 6.45) is 15.6. The fourth-order valence-electron chi connectivity index (χ4n) is 10.6. The minimum Gasteiger partial charge on any atom is -0.463 e. The molecule has 0 aromatic heterocycles. The summed E-state index contributed by atoms with van der Waals surface area (Å²) in [5.74, 6) is 4.77. The van der Waals surface area contributed by atoms with Crippen molar-refractivity contribution in [1.82, 2.24) is 0 Å². The van der Waals surface area contributed by atoms with Gasteiger partial charge in [-0.25, -0.2) is 0 Å². The van der Waals surface area contributed by atoms with Gasteiger partial charge in [0.25, 0.3) is 0 Å². The zero-order valence-corrected chi connectivity index (χ0v) is 25.3. The van der Waals surface area contributed by atoms with Crippen LogP contribution in [0.5, 0.6) is 0 Å². The summed E-state index contributed by atoms with van der Waals surface area (Å²) in [7, 11) is 0. The number of benzene rings is 2. The molecule has 0 saturated heterocycles. The number of allylic oxidation sites excluding steroid dienone is 1. The van der Waals surface area contributed by atoms with E-state index in [-0.39, 0.29) is 12.1 Å². The van der Waals surface area contributed by atoms with Gasteiger partial charge in [0.05, 0.1) is 0 Å². The van der Waals surface area contributed by atoms with E-state index in [0.717, 1.165) is 48.9 Å². The van der Waals surface area contributed by atoms with Gasteiger partial charge in [0.15, 0.2) is 0 Å². The van der Waals surface area contributed by atoms with E-state index in [4.69, 9.17) is 4.74 Å². The Morgan fingerprint density at radius 3 is 2.12 bits per heavy atom. The Balaban J connectivity index is 1.18.